The van der Waals surface area contributed by atoms with Crippen LogP contribution in [-0.2, 0) is 11.3 Å². The van der Waals surface area contributed by atoms with E-state index in [1.165, 1.54) is 18.4 Å². The Morgan fingerprint density at radius 1 is 1.30 bits per heavy atom. The van der Waals surface area contributed by atoms with E-state index in [-0.39, 0.29) is 0 Å². The molecule has 0 aliphatic carbocycles. The van der Waals surface area contributed by atoms with Crippen LogP contribution in [-0.4, -0.2) is 24.2 Å². The minimum atomic E-state index is 0.357. The largest absolute Gasteiger partial charge is 0.377 e. The monoisotopic (exact) mass is 290 g/mol. The summed E-state index contributed by atoms with van der Waals surface area (Å²) >= 11 is 6.20. The number of ether oxygens (including phenoxy) is 1. The summed E-state index contributed by atoms with van der Waals surface area (Å²) < 4.78 is 5.72. The van der Waals surface area contributed by atoms with Crippen LogP contribution in [0, 0.1) is 0 Å². The molecule has 0 bridgehead atoms. The van der Waals surface area contributed by atoms with E-state index in [4.69, 9.17) is 16.3 Å². The molecule has 1 atom stereocenters. The number of nitrogens with one attached hydrogen (secondary N) is 1. The molecular weight excluding hydrogens is 272 g/mol. The van der Waals surface area contributed by atoms with Gasteiger partial charge in [-0.25, -0.2) is 0 Å². The van der Waals surface area contributed by atoms with Crippen LogP contribution in [0.2, 0.25) is 5.02 Å². The Bertz CT molecular complexity index is 582. The van der Waals surface area contributed by atoms with Crippen molar-refractivity contribution in [3.8, 4) is 0 Å². The highest BCUT2D eigenvalue weighted by Crippen LogP contribution is 2.24. The van der Waals surface area contributed by atoms with Gasteiger partial charge >= 0.3 is 0 Å². The van der Waals surface area contributed by atoms with Crippen LogP contribution in [0.5, 0.6) is 0 Å². The van der Waals surface area contributed by atoms with Gasteiger partial charge in [0.15, 0.2) is 0 Å². The molecule has 0 saturated carbocycles. The van der Waals surface area contributed by atoms with Crippen molar-refractivity contribution in [2.75, 3.05) is 13.2 Å². The lowest BCUT2D eigenvalue weighted by atomic mass is 10.1. The molecule has 2 heterocycles. The Kier molecular flexibility index (Phi) is 4.51. The number of hydrogen-bond donors (Lipinski definition) is 1. The lowest BCUT2D eigenvalue weighted by Gasteiger charge is -2.22. The number of aromatic nitrogens is 1. The van der Waals surface area contributed by atoms with E-state index in [0.29, 0.717) is 6.10 Å². The molecule has 1 aliphatic rings. The van der Waals surface area contributed by atoms with Crippen molar-refractivity contribution in [3.05, 3.63) is 41.0 Å². The highest BCUT2D eigenvalue weighted by molar-refractivity contribution is 6.35. The molecule has 106 valence electrons. The van der Waals surface area contributed by atoms with E-state index in [2.05, 4.69) is 10.3 Å². The number of nitrogens with zero attached hydrogens (tertiary/aromatic N) is 1. The van der Waals surface area contributed by atoms with E-state index in [9.17, 15) is 0 Å². The van der Waals surface area contributed by atoms with Gasteiger partial charge in [0.05, 0.1) is 11.6 Å². The molecular formula is C16H19ClN2O. The second kappa shape index (κ2) is 6.53. The van der Waals surface area contributed by atoms with Crippen LogP contribution in [0.1, 0.15) is 24.8 Å². The number of fused-ring (bicyclic) bond motifs is 1. The Labute approximate surface area is 124 Å². The van der Waals surface area contributed by atoms with Gasteiger partial charge in [0, 0.05) is 36.3 Å². The first-order valence-corrected chi connectivity index (χ1v) is 7.57. The van der Waals surface area contributed by atoms with Crippen molar-refractivity contribution in [2.45, 2.75) is 31.9 Å². The number of halogens is 1. The van der Waals surface area contributed by atoms with Crippen molar-refractivity contribution < 1.29 is 4.74 Å². The first-order chi connectivity index (χ1) is 9.84. The predicted molar refractivity (Wildman–Crippen MR) is 82.1 cm³/mol. The highest BCUT2D eigenvalue weighted by atomic mass is 35.5. The first-order valence-electron chi connectivity index (χ1n) is 7.19. The molecule has 4 heteroatoms. The van der Waals surface area contributed by atoms with Crippen LogP contribution >= 0.6 is 11.6 Å². The average molecular weight is 291 g/mol. The number of pyridine rings is 1. The topological polar surface area (TPSA) is 34.1 Å². The molecule has 0 spiro atoms. The smallest absolute Gasteiger partial charge is 0.0761 e. The molecule has 1 aliphatic heterocycles. The van der Waals surface area contributed by atoms with Crippen molar-refractivity contribution in [2.24, 2.45) is 0 Å². The molecule has 0 radical (unpaired) electrons. The standard InChI is InChI=1S/C16H19ClN2O/c17-15-7-6-12(16-14(15)5-3-8-19-16)10-18-11-13-4-1-2-9-20-13/h3,5-8,13,18H,1-2,4,9-11H2. The van der Waals surface area contributed by atoms with Crippen LogP contribution < -0.4 is 5.32 Å². The fourth-order valence-corrected chi connectivity index (χ4v) is 2.89. The SMILES string of the molecule is Clc1ccc(CNCC2CCCCO2)c2ncccc12. The number of hydrogen-bond acceptors (Lipinski definition) is 3. The molecule has 2 aromatic rings. The van der Waals surface area contributed by atoms with Crippen molar-refractivity contribution in [3.63, 3.8) is 0 Å². The van der Waals surface area contributed by atoms with Gasteiger partial charge < -0.3 is 10.1 Å². The van der Waals surface area contributed by atoms with Crippen LogP contribution in [0.3, 0.4) is 0 Å². The average Bonchev–Trinajstić information content (AvgIpc) is 2.51. The van der Waals surface area contributed by atoms with E-state index in [0.717, 1.165) is 42.0 Å². The minimum absolute atomic E-state index is 0.357. The summed E-state index contributed by atoms with van der Waals surface area (Å²) in [4.78, 5) is 4.45. The van der Waals surface area contributed by atoms with Gasteiger partial charge in [0.2, 0.25) is 0 Å². The van der Waals surface area contributed by atoms with Crippen molar-refractivity contribution >= 4 is 22.5 Å². The second-order valence-electron chi connectivity index (χ2n) is 5.23. The van der Waals surface area contributed by atoms with Gasteiger partial charge in [-0.1, -0.05) is 17.7 Å². The minimum Gasteiger partial charge on any atom is -0.377 e. The molecule has 1 fully saturated rings. The van der Waals surface area contributed by atoms with Crippen molar-refractivity contribution in [1.29, 1.82) is 0 Å². The van der Waals surface area contributed by atoms with E-state index < -0.39 is 0 Å². The Morgan fingerprint density at radius 3 is 3.10 bits per heavy atom. The third kappa shape index (κ3) is 3.11. The third-order valence-electron chi connectivity index (χ3n) is 3.76. The second-order valence-corrected chi connectivity index (χ2v) is 5.63. The zero-order valence-electron chi connectivity index (χ0n) is 11.4. The highest BCUT2D eigenvalue weighted by Gasteiger charge is 2.13. The summed E-state index contributed by atoms with van der Waals surface area (Å²) in [6.45, 7) is 2.60. The van der Waals surface area contributed by atoms with Gasteiger partial charge in [-0.2, -0.15) is 0 Å². The first kappa shape index (κ1) is 13.8. The van der Waals surface area contributed by atoms with Crippen LogP contribution in [0.4, 0.5) is 0 Å². The third-order valence-corrected chi connectivity index (χ3v) is 4.09. The molecule has 3 rings (SSSR count). The molecule has 3 nitrogen and oxygen atoms in total. The van der Waals surface area contributed by atoms with Gasteiger partial charge in [0.1, 0.15) is 0 Å². The lowest BCUT2D eigenvalue weighted by molar-refractivity contribution is 0.0168. The summed E-state index contributed by atoms with van der Waals surface area (Å²) in [5, 5.41) is 5.25. The van der Waals surface area contributed by atoms with Crippen LogP contribution in [0.25, 0.3) is 10.9 Å². The Hall–Kier alpha value is -1.16. The fraction of sp³-hybridized carbons (Fsp3) is 0.438. The lowest BCUT2D eigenvalue weighted by Crippen LogP contribution is -2.31. The molecule has 1 aromatic heterocycles. The molecule has 0 amide bonds. The molecule has 1 saturated heterocycles. The van der Waals surface area contributed by atoms with Gasteiger partial charge in [-0.15, -0.1) is 0 Å². The van der Waals surface area contributed by atoms with Gasteiger partial charge in [0.25, 0.3) is 0 Å². The molecule has 20 heavy (non-hydrogen) atoms. The Balaban J connectivity index is 1.67. The summed E-state index contributed by atoms with van der Waals surface area (Å²) in [7, 11) is 0. The Morgan fingerprint density at radius 2 is 2.25 bits per heavy atom. The van der Waals surface area contributed by atoms with Gasteiger partial charge in [-0.3, -0.25) is 4.98 Å². The summed E-state index contributed by atoms with van der Waals surface area (Å²) in [5.41, 5.74) is 2.16. The fourth-order valence-electron chi connectivity index (χ4n) is 2.68. The summed E-state index contributed by atoms with van der Waals surface area (Å²) in [6, 6.07) is 7.92. The van der Waals surface area contributed by atoms with E-state index in [1.54, 1.807) is 0 Å². The summed E-state index contributed by atoms with van der Waals surface area (Å²) in [5.74, 6) is 0. The number of rotatable bonds is 4. The van der Waals surface area contributed by atoms with Crippen molar-refractivity contribution in [1.82, 2.24) is 10.3 Å². The summed E-state index contributed by atoms with van der Waals surface area (Å²) in [6.07, 6.45) is 5.80. The number of benzene rings is 1. The maximum Gasteiger partial charge on any atom is 0.0761 e. The normalized spacial score (nSPS) is 19.4. The maximum absolute atomic E-state index is 6.20. The van der Waals surface area contributed by atoms with E-state index in [1.807, 2.05) is 30.5 Å². The molecule has 1 N–H and O–H groups in total. The van der Waals surface area contributed by atoms with Crippen LogP contribution in [0.15, 0.2) is 30.5 Å². The molecule has 1 unspecified atom stereocenters. The molecule has 1 aromatic carbocycles. The van der Waals surface area contributed by atoms with E-state index >= 15 is 0 Å². The van der Waals surface area contributed by atoms with Gasteiger partial charge in [-0.05, 0) is 43.0 Å². The quantitative estimate of drug-likeness (QED) is 0.935. The predicted octanol–water partition coefficient (Wildman–Crippen LogP) is 3.55. The zero-order chi connectivity index (χ0) is 13.8. The zero-order valence-corrected chi connectivity index (χ0v) is 12.2. The maximum atomic E-state index is 6.20.